The van der Waals surface area contributed by atoms with Crippen molar-refractivity contribution in [2.45, 2.75) is 111 Å². The predicted molar refractivity (Wildman–Crippen MR) is 129 cm³/mol. The van der Waals surface area contributed by atoms with Crippen LogP contribution >= 0.6 is 11.6 Å². The van der Waals surface area contributed by atoms with Crippen molar-refractivity contribution in [1.29, 1.82) is 0 Å². The monoisotopic (exact) mass is 448 g/mol. The first-order valence-corrected chi connectivity index (χ1v) is 13.6. The first-order chi connectivity index (χ1) is 14.6. The molecular formula is C28H45ClO2. The van der Waals surface area contributed by atoms with Crippen LogP contribution in [-0.2, 0) is 4.74 Å². The van der Waals surface area contributed by atoms with Gasteiger partial charge in [-0.2, -0.15) is 0 Å². The van der Waals surface area contributed by atoms with Crippen molar-refractivity contribution < 1.29 is 9.53 Å². The van der Waals surface area contributed by atoms with E-state index < -0.39 is 5.43 Å². The van der Waals surface area contributed by atoms with E-state index in [4.69, 9.17) is 16.3 Å². The molecule has 4 rings (SSSR count). The van der Waals surface area contributed by atoms with Gasteiger partial charge in [-0.3, -0.25) is 0 Å². The first kappa shape index (κ1) is 23.7. The SMILES string of the molecule is CC(C)CCCC(C)C1CCC2C3CC=C4CC(OC(=O)Cl)CC[C@]4(C)C3CC[C@]12C. The number of hydrogen-bond acceptors (Lipinski definition) is 2. The molecule has 6 unspecified atom stereocenters. The summed E-state index contributed by atoms with van der Waals surface area (Å²) in [5, 5.41) is 0. The largest absolute Gasteiger partial charge is 0.450 e. The lowest BCUT2D eigenvalue weighted by Crippen LogP contribution is -2.51. The summed E-state index contributed by atoms with van der Waals surface area (Å²) in [4.78, 5) is 11.2. The van der Waals surface area contributed by atoms with Gasteiger partial charge in [0.25, 0.3) is 0 Å². The molecule has 0 saturated heterocycles. The molecule has 31 heavy (non-hydrogen) atoms. The number of halogens is 1. The number of carbonyl (C=O) groups excluding carboxylic acids is 1. The highest BCUT2D eigenvalue weighted by Crippen LogP contribution is 2.67. The second-order valence-corrected chi connectivity index (χ2v) is 12.8. The Bertz CT molecular complexity index is 699. The highest BCUT2D eigenvalue weighted by molar-refractivity contribution is 6.61. The van der Waals surface area contributed by atoms with Crippen molar-refractivity contribution in [3.63, 3.8) is 0 Å². The Hall–Kier alpha value is -0.500. The van der Waals surface area contributed by atoms with Crippen molar-refractivity contribution in [2.24, 2.45) is 46.3 Å². The van der Waals surface area contributed by atoms with Crippen LogP contribution in [0.3, 0.4) is 0 Å². The maximum atomic E-state index is 11.2. The van der Waals surface area contributed by atoms with Crippen molar-refractivity contribution in [3.8, 4) is 0 Å². The van der Waals surface area contributed by atoms with Crippen molar-refractivity contribution in [3.05, 3.63) is 11.6 Å². The number of allylic oxidation sites excluding steroid dienone is 1. The second-order valence-electron chi connectivity index (χ2n) is 12.5. The van der Waals surface area contributed by atoms with Crippen LogP contribution in [0.15, 0.2) is 11.6 Å². The van der Waals surface area contributed by atoms with Crippen LogP contribution in [0.25, 0.3) is 0 Å². The molecule has 8 atom stereocenters. The van der Waals surface area contributed by atoms with E-state index in [0.717, 1.165) is 54.8 Å². The van der Waals surface area contributed by atoms with Gasteiger partial charge in [0.05, 0.1) is 0 Å². The molecule has 176 valence electrons. The maximum absolute atomic E-state index is 11.2. The molecule has 0 radical (unpaired) electrons. The van der Waals surface area contributed by atoms with E-state index in [2.05, 4.69) is 40.7 Å². The molecule has 2 nitrogen and oxygen atoms in total. The van der Waals surface area contributed by atoms with E-state index in [1.165, 1.54) is 51.4 Å². The van der Waals surface area contributed by atoms with Gasteiger partial charge in [0.1, 0.15) is 6.10 Å². The lowest BCUT2D eigenvalue weighted by atomic mass is 9.47. The zero-order chi connectivity index (χ0) is 22.4. The molecule has 0 N–H and O–H groups in total. The van der Waals surface area contributed by atoms with Crippen LogP contribution in [-0.4, -0.2) is 11.5 Å². The Morgan fingerprint density at radius 3 is 2.58 bits per heavy atom. The van der Waals surface area contributed by atoms with Gasteiger partial charge in [-0.15, -0.1) is 0 Å². The number of hydrogen-bond donors (Lipinski definition) is 0. The normalized spacial score (nSPS) is 42.9. The molecule has 0 aliphatic heterocycles. The van der Waals surface area contributed by atoms with E-state index in [-0.39, 0.29) is 6.10 Å². The van der Waals surface area contributed by atoms with Crippen LogP contribution in [0.2, 0.25) is 0 Å². The summed E-state index contributed by atoms with van der Waals surface area (Å²) >= 11 is 5.51. The maximum Gasteiger partial charge on any atom is 0.404 e. The number of fused-ring (bicyclic) bond motifs is 5. The highest BCUT2D eigenvalue weighted by Gasteiger charge is 2.59. The van der Waals surface area contributed by atoms with Gasteiger partial charge in [0.15, 0.2) is 0 Å². The van der Waals surface area contributed by atoms with Crippen LogP contribution in [0.5, 0.6) is 0 Å². The molecule has 4 aliphatic rings. The molecule has 0 heterocycles. The zero-order valence-corrected chi connectivity index (χ0v) is 21.3. The quantitative estimate of drug-likeness (QED) is 0.299. The fourth-order valence-electron chi connectivity index (χ4n) is 8.88. The zero-order valence-electron chi connectivity index (χ0n) is 20.6. The standard InChI is InChI=1S/C28H45ClO2/c1-18(2)7-6-8-19(3)23-11-12-24-22-10-9-20-17-21(31-26(29)30)13-15-27(20,4)25(22)14-16-28(23,24)5/h9,18-19,21-25H,6-8,10-17H2,1-5H3/t19?,21?,22?,23?,24?,25?,27-,28+/m0/s1. The fourth-order valence-corrected chi connectivity index (χ4v) is 9.01. The Labute approximate surface area is 195 Å². The topological polar surface area (TPSA) is 26.3 Å². The average molecular weight is 449 g/mol. The summed E-state index contributed by atoms with van der Waals surface area (Å²) < 4.78 is 5.38. The molecule has 4 aliphatic carbocycles. The minimum Gasteiger partial charge on any atom is -0.450 e. The van der Waals surface area contributed by atoms with E-state index >= 15 is 0 Å². The second kappa shape index (κ2) is 9.03. The van der Waals surface area contributed by atoms with E-state index in [1.807, 2.05) is 0 Å². The van der Waals surface area contributed by atoms with E-state index in [1.54, 1.807) is 5.57 Å². The molecule has 0 aromatic rings. The van der Waals surface area contributed by atoms with Crippen LogP contribution in [0, 0.1) is 46.3 Å². The van der Waals surface area contributed by atoms with Crippen LogP contribution < -0.4 is 0 Å². The first-order valence-electron chi connectivity index (χ1n) is 13.2. The lowest BCUT2D eigenvalue weighted by molar-refractivity contribution is -0.0573. The number of carbonyl (C=O) groups is 1. The van der Waals surface area contributed by atoms with Gasteiger partial charge >= 0.3 is 5.43 Å². The summed E-state index contributed by atoms with van der Waals surface area (Å²) in [5.74, 6) is 5.19. The third-order valence-electron chi connectivity index (χ3n) is 10.5. The molecule has 0 aromatic heterocycles. The molecule has 0 amide bonds. The Kier molecular flexibility index (Phi) is 6.89. The van der Waals surface area contributed by atoms with Gasteiger partial charge in [-0.05, 0) is 91.3 Å². The van der Waals surface area contributed by atoms with Crippen molar-refractivity contribution in [1.82, 2.24) is 0 Å². The minimum atomic E-state index is -0.643. The third-order valence-corrected chi connectivity index (χ3v) is 10.6. The smallest absolute Gasteiger partial charge is 0.404 e. The van der Waals surface area contributed by atoms with Gasteiger partial charge in [-0.1, -0.05) is 65.5 Å². The number of rotatable bonds is 6. The Morgan fingerprint density at radius 1 is 1.10 bits per heavy atom. The van der Waals surface area contributed by atoms with Crippen LogP contribution in [0.1, 0.15) is 105 Å². The predicted octanol–water partition coefficient (Wildman–Crippen LogP) is 8.77. The summed E-state index contributed by atoms with van der Waals surface area (Å²) in [7, 11) is 0. The summed E-state index contributed by atoms with van der Waals surface area (Å²) in [5.41, 5.74) is 1.77. The molecule has 0 aromatic carbocycles. The van der Waals surface area contributed by atoms with E-state index in [0.29, 0.717) is 10.8 Å². The minimum absolute atomic E-state index is 0.0164. The lowest BCUT2D eigenvalue weighted by Gasteiger charge is -2.58. The number of ether oxygens (including phenoxy) is 1. The van der Waals surface area contributed by atoms with Gasteiger partial charge in [0.2, 0.25) is 0 Å². The Balaban J connectivity index is 1.47. The van der Waals surface area contributed by atoms with Gasteiger partial charge in [-0.25, -0.2) is 4.79 Å². The molecule has 3 heteroatoms. The summed E-state index contributed by atoms with van der Waals surface area (Å²) in [6.07, 6.45) is 16.7. The Morgan fingerprint density at radius 2 is 1.87 bits per heavy atom. The summed E-state index contributed by atoms with van der Waals surface area (Å²) in [6.45, 7) is 12.5. The summed E-state index contributed by atoms with van der Waals surface area (Å²) in [6, 6.07) is 0. The van der Waals surface area contributed by atoms with Crippen LogP contribution in [0.4, 0.5) is 4.79 Å². The van der Waals surface area contributed by atoms with Crippen molar-refractivity contribution in [2.75, 3.05) is 0 Å². The van der Waals surface area contributed by atoms with E-state index in [9.17, 15) is 4.79 Å². The molecule has 3 fully saturated rings. The average Bonchev–Trinajstić information content (AvgIpc) is 3.05. The molecule has 0 spiro atoms. The van der Waals surface area contributed by atoms with Gasteiger partial charge < -0.3 is 4.74 Å². The molecule has 3 saturated carbocycles. The van der Waals surface area contributed by atoms with Gasteiger partial charge in [0, 0.05) is 18.0 Å². The molecular weight excluding hydrogens is 404 g/mol. The fraction of sp³-hybridized carbons (Fsp3) is 0.893. The molecule has 0 bridgehead atoms. The van der Waals surface area contributed by atoms with Crippen molar-refractivity contribution >= 4 is 17.0 Å². The third kappa shape index (κ3) is 4.36. The highest BCUT2D eigenvalue weighted by atomic mass is 35.5.